The van der Waals surface area contributed by atoms with Crippen LogP contribution in [0.5, 0.6) is 0 Å². The highest BCUT2D eigenvalue weighted by Crippen LogP contribution is 2.35. The number of benzene rings is 1. The number of aliphatic hydroxyl groups is 1. The molecule has 0 aliphatic carbocycles. The largest absolute Gasteiger partial charge is 0.481 e. The molecule has 0 amide bonds. The van der Waals surface area contributed by atoms with Gasteiger partial charge in [0.2, 0.25) is 0 Å². The lowest BCUT2D eigenvalue weighted by Gasteiger charge is -2.26. The zero-order chi connectivity index (χ0) is 12.5. The molecule has 0 spiro atoms. The van der Waals surface area contributed by atoms with Crippen molar-refractivity contribution < 1.29 is 23.8 Å². The lowest BCUT2D eigenvalue weighted by Crippen LogP contribution is -2.32. The third-order valence-electron chi connectivity index (χ3n) is 2.51. The van der Waals surface area contributed by atoms with Crippen LogP contribution in [0.4, 0.5) is 8.78 Å². The second-order valence-corrected chi connectivity index (χ2v) is 4.06. The maximum absolute atomic E-state index is 13.3. The van der Waals surface area contributed by atoms with E-state index in [2.05, 4.69) is 0 Å². The van der Waals surface area contributed by atoms with Gasteiger partial charge in [0.05, 0.1) is 11.0 Å². The number of hydrogen-bond acceptors (Lipinski definition) is 2. The average Bonchev–Trinajstić information content (AvgIpc) is 2.16. The zero-order valence-corrected chi connectivity index (χ0v) is 8.87. The number of aliphatic hydroxyl groups excluding tert-OH is 1. The van der Waals surface area contributed by atoms with E-state index in [1.54, 1.807) is 0 Å². The van der Waals surface area contributed by atoms with Gasteiger partial charge in [-0.2, -0.15) is 0 Å². The van der Waals surface area contributed by atoms with Gasteiger partial charge in [-0.15, -0.1) is 0 Å². The van der Waals surface area contributed by atoms with Gasteiger partial charge in [0, 0.05) is 0 Å². The number of aliphatic carboxylic acids is 1. The summed E-state index contributed by atoms with van der Waals surface area (Å²) < 4.78 is 26.6. The smallest absolute Gasteiger partial charge is 0.312 e. The molecule has 0 bridgehead atoms. The Hall–Kier alpha value is -1.49. The Labute approximate surface area is 91.3 Å². The van der Waals surface area contributed by atoms with E-state index in [1.165, 1.54) is 13.8 Å². The van der Waals surface area contributed by atoms with Crippen LogP contribution in [0.25, 0.3) is 0 Å². The molecule has 0 heterocycles. The first kappa shape index (κ1) is 12.6. The maximum atomic E-state index is 13.3. The minimum atomic E-state index is -1.74. The molecule has 2 N–H and O–H groups in total. The van der Waals surface area contributed by atoms with Crippen molar-refractivity contribution in [1.29, 1.82) is 0 Å². The first-order valence-electron chi connectivity index (χ1n) is 4.64. The summed E-state index contributed by atoms with van der Waals surface area (Å²) in [6, 6.07) is 3.09. The molecule has 0 aliphatic rings. The van der Waals surface area contributed by atoms with Gasteiger partial charge in [0.25, 0.3) is 0 Å². The Morgan fingerprint density at radius 3 is 2.12 bits per heavy atom. The summed E-state index contributed by atoms with van der Waals surface area (Å²) in [6.07, 6.45) is -1.74. The minimum Gasteiger partial charge on any atom is -0.481 e. The predicted molar refractivity (Wildman–Crippen MR) is 52.7 cm³/mol. The second-order valence-electron chi connectivity index (χ2n) is 4.06. The Morgan fingerprint density at radius 1 is 1.31 bits per heavy atom. The van der Waals surface area contributed by atoms with Crippen LogP contribution in [0.1, 0.15) is 25.5 Å². The van der Waals surface area contributed by atoms with E-state index in [-0.39, 0.29) is 0 Å². The molecule has 0 aliphatic heterocycles. The van der Waals surface area contributed by atoms with E-state index in [0.29, 0.717) is 0 Å². The Morgan fingerprint density at radius 2 is 1.75 bits per heavy atom. The van der Waals surface area contributed by atoms with Crippen LogP contribution in [-0.4, -0.2) is 16.2 Å². The third-order valence-corrected chi connectivity index (χ3v) is 2.51. The van der Waals surface area contributed by atoms with E-state index in [1.807, 2.05) is 0 Å². The van der Waals surface area contributed by atoms with E-state index >= 15 is 0 Å². The van der Waals surface area contributed by atoms with Crippen molar-refractivity contribution in [2.45, 2.75) is 20.0 Å². The molecule has 1 rings (SSSR count). The molecule has 0 radical (unpaired) electrons. The number of carboxylic acid groups (broad SMARTS) is 1. The highest BCUT2D eigenvalue weighted by Gasteiger charge is 2.39. The van der Waals surface area contributed by atoms with Gasteiger partial charge in [-0.05, 0) is 26.0 Å². The van der Waals surface area contributed by atoms with Crippen LogP contribution in [-0.2, 0) is 4.79 Å². The molecule has 0 aromatic heterocycles. The summed E-state index contributed by atoms with van der Waals surface area (Å²) in [4.78, 5) is 10.9. The molecule has 0 saturated carbocycles. The van der Waals surface area contributed by atoms with Crippen molar-refractivity contribution in [1.82, 2.24) is 0 Å². The fraction of sp³-hybridized carbons (Fsp3) is 0.364. The Kier molecular flexibility index (Phi) is 3.28. The maximum Gasteiger partial charge on any atom is 0.312 e. The van der Waals surface area contributed by atoms with Crippen molar-refractivity contribution in [2.75, 3.05) is 0 Å². The quantitative estimate of drug-likeness (QED) is 0.836. The zero-order valence-electron chi connectivity index (χ0n) is 8.87. The standard InChI is InChI=1S/C11H12F2O3/c1-11(2,10(15)16)9(14)8-6(12)4-3-5-7(8)13/h3-5,9,14H,1-2H3,(H,15,16). The van der Waals surface area contributed by atoms with E-state index < -0.39 is 34.7 Å². The summed E-state index contributed by atoms with van der Waals surface area (Å²) in [7, 11) is 0. The van der Waals surface area contributed by atoms with Crippen molar-refractivity contribution in [3.63, 3.8) is 0 Å². The normalized spacial score (nSPS) is 13.6. The number of rotatable bonds is 3. The summed E-state index contributed by atoms with van der Waals surface area (Å²) in [6.45, 7) is 2.40. The second kappa shape index (κ2) is 4.17. The average molecular weight is 230 g/mol. The molecule has 1 atom stereocenters. The topological polar surface area (TPSA) is 57.5 Å². The van der Waals surface area contributed by atoms with Gasteiger partial charge in [-0.3, -0.25) is 4.79 Å². The number of carbonyl (C=O) groups is 1. The van der Waals surface area contributed by atoms with Gasteiger partial charge in [-0.1, -0.05) is 6.07 Å². The number of hydrogen-bond donors (Lipinski definition) is 2. The number of carboxylic acids is 1. The molecule has 3 nitrogen and oxygen atoms in total. The molecule has 16 heavy (non-hydrogen) atoms. The highest BCUT2D eigenvalue weighted by atomic mass is 19.1. The Bertz CT molecular complexity index is 395. The van der Waals surface area contributed by atoms with Gasteiger partial charge < -0.3 is 10.2 Å². The van der Waals surface area contributed by atoms with Crippen LogP contribution in [0.2, 0.25) is 0 Å². The highest BCUT2D eigenvalue weighted by molar-refractivity contribution is 5.74. The minimum absolute atomic E-state index is 0.616. The van der Waals surface area contributed by atoms with E-state index in [9.17, 15) is 18.7 Å². The van der Waals surface area contributed by atoms with Crippen LogP contribution in [0, 0.1) is 17.0 Å². The molecular formula is C11H12F2O3. The lowest BCUT2D eigenvalue weighted by atomic mass is 9.82. The summed E-state index contributed by atoms with van der Waals surface area (Å²) >= 11 is 0. The van der Waals surface area contributed by atoms with Crippen LogP contribution < -0.4 is 0 Å². The fourth-order valence-electron chi connectivity index (χ4n) is 1.25. The summed E-state index contributed by atoms with van der Waals surface area (Å²) in [5, 5.41) is 18.6. The van der Waals surface area contributed by atoms with E-state index in [4.69, 9.17) is 5.11 Å². The lowest BCUT2D eigenvalue weighted by molar-refractivity contribution is -0.154. The molecule has 1 aromatic carbocycles. The van der Waals surface area contributed by atoms with Crippen LogP contribution in [0.15, 0.2) is 18.2 Å². The summed E-state index contributed by atoms with van der Waals surface area (Å²) in [5.41, 5.74) is -2.28. The Balaban J connectivity index is 3.24. The SMILES string of the molecule is CC(C)(C(=O)O)C(O)c1c(F)cccc1F. The molecule has 88 valence electrons. The van der Waals surface area contributed by atoms with Crippen LogP contribution in [0.3, 0.4) is 0 Å². The van der Waals surface area contributed by atoms with E-state index in [0.717, 1.165) is 18.2 Å². The molecule has 1 aromatic rings. The van der Waals surface area contributed by atoms with Gasteiger partial charge in [0.15, 0.2) is 0 Å². The first-order chi connectivity index (χ1) is 7.28. The van der Waals surface area contributed by atoms with Gasteiger partial charge in [-0.25, -0.2) is 8.78 Å². The molecule has 5 heteroatoms. The van der Waals surface area contributed by atoms with Gasteiger partial charge >= 0.3 is 5.97 Å². The molecular weight excluding hydrogens is 218 g/mol. The van der Waals surface area contributed by atoms with Crippen molar-refractivity contribution in [3.8, 4) is 0 Å². The van der Waals surface area contributed by atoms with Crippen molar-refractivity contribution >= 4 is 5.97 Å². The van der Waals surface area contributed by atoms with Gasteiger partial charge in [0.1, 0.15) is 17.7 Å². The molecule has 0 saturated heterocycles. The first-order valence-corrected chi connectivity index (χ1v) is 4.64. The fourth-order valence-corrected chi connectivity index (χ4v) is 1.25. The molecule has 0 fully saturated rings. The monoisotopic (exact) mass is 230 g/mol. The van der Waals surface area contributed by atoms with Crippen molar-refractivity contribution in [2.24, 2.45) is 5.41 Å². The predicted octanol–water partition coefficient (Wildman–Crippen LogP) is 2.11. The number of halogens is 2. The summed E-state index contributed by atoms with van der Waals surface area (Å²) in [5.74, 6) is -3.24. The third kappa shape index (κ3) is 2.04. The van der Waals surface area contributed by atoms with Crippen LogP contribution >= 0.6 is 0 Å². The molecule has 1 unspecified atom stereocenters. The van der Waals surface area contributed by atoms with Crippen molar-refractivity contribution in [3.05, 3.63) is 35.4 Å².